The average Bonchev–Trinajstić information content (AvgIpc) is 2.49. The molecule has 2 N–H and O–H groups in total. The number of amides is 1. The zero-order chi connectivity index (χ0) is 9.14. The number of hydrogen-bond acceptors (Lipinski definition) is 2. The summed E-state index contributed by atoms with van der Waals surface area (Å²) in [5, 5.41) is 0. The van der Waals surface area contributed by atoms with Crippen LogP contribution in [-0.2, 0) is 4.79 Å². The van der Waals surface area contributed by atoms with Crippen LogP contribution in [0.2, 0.25) is 0 Å². The fraction of sp³-hybridized carbons (Fsp3) is 0.889. The maximum absolute atomic E-state index is 11.5. The van der Waals surface area contributed by atoms with Crippen LogP contribution in [0.5, 0.6) is 0 Å². The van der Waals surface area contributed by atoms with Gasteiger partial charge in [0.15, 0.2) is 0 Å². The van der Waals surface area contributed by atoms with Gasteiger partial charge in [-0.05, 0) is 18.8 Å². The highest BCUT2D eigenvalue weighted by Gasteiger charge is 2.25. The van der Waals surface area contributed by atoms with E-state index < -0.39 is 0 Å². The topological polar surface area (TPSA) is 46.3 Å². The summed E-state index contributed by atoms with van der Waals surface area (Å²) in [6.45, 7) is 5.91. The van der Waals surface area contributed by atoms with Crippen molar-refractivity contribution in [1.29, 1.82) is 0 Å². The Labute approximate surface area is 73.9 Å². The van der Waals surface area contributed by atoms with Crippen molar-refractivity contribution >= 4 is 5.91 Å². The number of likely N-dealkylation sites (tertiary alicyclic amines) is 1. The summed E-state index contributed by atoms with van der Waals surface area (Å²) in [5.41, 5.74) is 5.65. The molecule has 12 heavy (non-hydrogen) atoms. The van der Waals surface area contributed by atoms with E-state index in [-0.39, 0.29) is 11.9 Å². The lowest BCUT2D eigenvalue weighted by Crippen LogP contribution is -2.42. The molecule has 0 aromatic rings. The molecular formula is C9H18N2O. The molecule has 1 rings (SSSR count). The van der Waals surface area contributed by atoms with E-state index in [1.807, 2.05) is 11.8 Å². The molecular weight excluding hydrogens is 152 g/mol. The van der Waals surface area contributed by atoms with Gasteiger partial charge in [0, 0.05) is 13.1 Å². The van der Waals surface area contributed by atoms with E-state index in [1.165, 1.54) is 0 Å². The third-order valence-electron chi connectivity index (χ3n) is 2.49. The van der Waals surface area contributed by atoms with Crippen molar-refractivity contribution in [3.8, 4) is 0 Å². The van der Waals surface area contributed by atoms with Gasteiger partial charge in [0.05, 0.1) is 6.04 Å². The van der Waals surface area contributed by atoms with Crippen LogP contribution in [0.25, 0.3) is 0 Å². The smallest absolute Gasteiger partial charge is 0.239 e. The highest BCUT2D eigenvalue weighted by Crippen LogP contribution is 2.15. The Morgan fingerprint density at radius 1 is 1.75 bits per heavy atom. The monoisotopic (exact) mass is 170 g/mol. The minimum absolute atomic E-state index is 0.127. The van der Waals surface area contributed by atoms with Crippen molar-refractivity contribution in [1.82, 2.24) is 4.90 Å². The van der Waals surface area contributed by atoms with Crippen LogP contribution in [0.3, 0.4) is 0 Å². The molecule has 0 radical (unpaired) electrons. The fourth-order valence-corrected chi connectivity index (χ4v) is 1.54. The normalized spacial score (nSPS) is 25.9. The molecule has 1 aliphatic rings. The number of nitrogens with two attached hydrogens (primary N) is 1. The van der Waals surface area contributed by atoms with Crippen molar-refractivity contribution in [3.05, 3.63) is 0 Å². The van der Waals surface area contributed by atoms with Gasteiger partial charge in [0.2, 0.25) is 5.91 Å². The first kappa shape index (κ1) is 9.52. The Hall–Kier alpha value is -0.570. The minimum atomic E-state index is -0.282. The van der Waals surface area contributed by atoms with E-state index in [4.69, 9.17) is 5.73 Å². The van der Waals surface area contributed by atoms with Gasteiger partial charge < -0.3 is 10.6 Å². The van der Waals surface area contributed by atoms with Gasteiger partial charge in [-0.25, -0.2) is 0 Å². The number of hydrogen-bond donors (Lipinski definition) is 1. The average molecular weight is 170 g/mol. The second kappa shape index (κ2) is 3.90. The summed E-state index contributed by atoms with van der Waals surface area (Å²) in [4.78, 5) is 13.4. The largest absolute Gasteiger partial charge is 0.341 e. The van der Waals surface area contributed by atoms with Gasteiger partial charge >= 0.3 is 0 Å². The molecule has 1 fully saturated rings. The van der Waals surface area contributed by atoms with Crippen molar-refractivity contribution in [3.63, 3.8) is 0 Å². The molecule has 3 heteroatoms. The van der Waals surface area contributed by atoms with Crippen LogP contribution in [-0.4, -0.2) is 29.9 Å². The third kappa shape index (κ3) is 1.97. The zero-order valence-corrected chi connectivity index (χ0v) is 7.92. The third-order valence-corrected chi connectivity index (χ3v) is 2.49. The van der Waals surface area contributed by atoms with Crippen molar-refractivity contribution < 1.29 is 4.79 Å². The molecule has 0 aliphatic carbocycles. The number of carbonyl (C=O) groups is 1. The number of carbonyl (C=O) groups excluding carboxylic acids is 1. The molecule has 0 bridgehead atoms. The van der Waals surface area contributed by atoms with Crippen LogP contribution < -0.4 is 5.73 Å². The second-order valence-electron chi connectivity index (χ2n) is 3.69. The van der Waals surface area contributed by atoms with Crippen LogP contribution in [0.4, 0.5) is 0 Å². The highest BCUT2D eigenvalue weighted by atomic mass is 16.2. The molecule has 2 atom stereocenters. The Kier molecular flexibility index (Phi) is 3.09. The molecule has 1 amide bonds. The molecule has 1 unspecified atom stereocenters. The van der Waals surface area contributed by atoms with Crippen molar-refractivity contribution in [2.24, 2.45) is 11.7 Å². The Balaban J connectivity index is 2.43. The molecule has 0 spiro atoms. The summed E-state index contributed by atoms with van der Waals surface area (Å²) in [6, 6.07) is -0.282. The zero-order valence-electron chi connectivity index (χ0n) is 7.92. The SMILES string of the molecule is CC[C@H](N)C(=O)N1CCC(C)C1. The first-order valence-corrected chi connectivity index (χ1v) is 4.69. The van der Waals surface area contributed by atoms with E-state index in [9.17, 15) is 4.79 Å². The van der Waals surface area contributed by atoms with Crippen LogP contribution >= 0.6 is 0 Å². The van der Waals surface area contributed by atoms with E-state index in [2.05, 4.69) is 6.92 Å². The van der Waals surface area contributed by atoms with Crippen molar-refractivity contribution in [2.45, 2.75) is 32.7 Å². The predicted octanol–water partition coefficient (Wildman–Crippen LogP) is 0.592. The Morgan fingerprint density at radius 3 is 2.83 bits per heavy atom. The molecule has 0 aromatic heterocycles. The number of nitrogens with zero attached hydrogens (tertiary/aromatic N) is 1. The van der Waals surface area contributed by atoms with Gasteiger partial charge in [-0.3, -0.25) is 4.79 Å². The summed E-state index contributed by atoms with van der Waals surface area (Å²) in [5.74, 6) is 0.778. The lowest BCUT2D eigenvalue weighted by atomic mass is 10.2. The van der Waals surface area contributed by atoms with E-state index in [0.29, 0.717) is 5.92 Å². The molecule has 1 heterocycles. The maximum atomic E-state index is 11.5. The van der Waals surface area contributed by atoms with Gasteiger partial charge in [0.25, 0.3) is 0 Å². The molecule has 1 aliphatic heterocycles. The summed E-state index contributed by atoms with van der Waals surface area (Å²) in [7, 11) is 0. The second-order valence-corrected chi connectivity index (χ2v) is 3.69. The number of rotatable bonds is 2. The van der Waals surface area contributed by atoms with Gasteiger partial charge in [0.1, 0.15) is 0 Å². The standard InChI is InChI=1S/C9H18N2O/c1-3-8(10)9(12)11-5-4-7(2)6-11/h7-8H,3-6,10H2,1-2H3/t7?,8-/m0/s1. The van der Waals surface area contributed by atoms with E-state index >= 15 is 0 Å². The van der Waals surface area contributed by atoms with Gasteiger partial charge in [-0.2, -0.15) is 0 Å². The fourth-order valence-electron chi connectivity index (χ4n) is 1.54. The molecule has 0 aromatic carbocycles. The first-order chi connectivity index (χ1) is 5.65. The first-order valence-electron chi connectivity index (χ1n) is 4.69. The lowest BCUT2D eigenvalue weighted by Gasteiger charge is -2.19. The van der Waals surface area contributed by atoms with Crippen molar-refractivity contribution in [2.75, 3.05) is 13.1 Å². The van der Waals surface area contributed by atoms with Gasteiger partial charge in [-0.1, -0.05) is 13.8 Å². The van der Waals surface area contributed by atoms with E-state index in [1.54, 1.807) is 0 Å². The van der Waals surface area contributed by atoms with E-state index in [0.717, 1.165) is 25.9 Å². The molecule has 1 saturated heterocycles. The quantitative estimate of drug-likeness (QED) is 0.659. The summed E-state index contributed by atoms with van der Waals surface area (Å²) in [6.07, 6.45) is 1.87. The minimum Gasteiger partial charge on any atom is -0.341 e. The molecule has 3 nitrogen and oxygen atoms in total. The van der Waals surface area contributed by atoms with Crippen LogP contribution in [0, 0.1) is 5.92 Å². The summed E-state index contributed by atoms with van der Waals surface area (Å²) < 4.78 is 0. The van der Waals surface area contributed by atoms with Gasteiger partial charge in [-0.15, -0.1) is 0 Å². The van der Waals surface area contributed by atoms with Crippen LogP contribution in [0.15, 0.2) is 0 Å². The maximum Gasteiger partial charge on any atom is 0.239 e. The molecule has 0 saturated carbocycles. The Morgan fingerprint density at radius 2 is 2.42 bits per heavy atom. The molecule has 70 valence electrons. The van der Waals surface area contributed by atoms with Crippen LogP contribution in [0.1, 0.15) is 26.7 Å². The summed E-state index contributed by atoms with van der Waals surface area (Å²) >= 11 is 0. The predicted molar refractivity (Wildman–Crippen MR) is 48.6 cm³/mol. The highest BCUT2D eigenvalue weighted by molar-refractivity contribution is 5.81. The Bertz CT molecular complexity index is 170. The lowest BCUT2D eigenvalue weighted by molar-refractivity contribution is -0.131.